The number of hydrogen-bond acceptors (Lipinski definition) is 2. The lowest BCUT2D eigenvalue weighted by Gasteiger charge is -2.24. The topological polar surface area (TPSA) is 46.2 Å². The van der Waals surface area contributed by atoms with E-state index in [-0.39, 0.29) is 6.04 Å². The van der Waals surface area contributed by atoms with Crippen molar-refractivity contribution in [1.29, 1.82) is 0 Å². The number of sulfonamides is 1. The third-order valence-corrected chi connectivity index (χ3v) is 6.29. The molecule has 0 atom stereocenters. The lowest BCUT2D eigenvalue weighted by molar-refractivity contribution is 0.412. The average molecular weight is 295 g/mol. The zero-order valence-corrected chi connectivity index (χ0v) is 13.7. The van der Waals surface area contributed by atoms with Crippen LogP contribution < -0.4 is 4.72 Å². The molecule has 0 saturated heterocycles. The molecule has 0 spiro atoms. The first-order valence-corrected chi connectivity index (χ1v) is 8.91. The SMILES string of the molecule is Cc1cc(C)c(S(=O)(=O)NC2CCCCC2)c(C)c1C. The first-order chi connectivity index (χ1) is 9.33. The number of nitrogens with one attached hydrogen (secondary N) is 1. The molecule has 0 bridgehead atoms. The van der Waals surface area contributed by atoms with Gasteiger partial charge in [0.1, 0.15) is 0 Å². The molecular formula is C16H25NO2S. The lowest BCUT2D eigenvalue weighted by Crippen LogP contribution is -2.36. The van der Waals surface area contributed by atoms with Crippen molar-refractivity contribution in [2.75, 3.05) is 0 Å². The van der Waals surface area contributed by atoms with Crippen LogP contribution >= 0.6 is 0 Å². The van der Waals surface area contributed by atoms with Crippen molar-refractivity contribution in [2.24, 2.45) is 0 Å². The number of hydrogen-bond donors (Lipinski definition) is 1. The van der Waals surface area contributed by atoms with Gasteiger partial charge < -0.3 is 0 Å². The van der Waals surface area contributed by atoms with Crippen LogP contribution in [0.2, 0.25) is 0 Å². The zero-order valence-electron chi connectivity index (χ0n) is 12.9. The van der Waals surface area contributed by atoms with E-state index in [4.69, 9.17) is 0 Å². The molecule has 4 heteroatoms. The highest BCUT2D eigenvalue weighted by atomic mass is 32.2. The minimum absolute atomic E-state index is 0.106. The van der Waals surface area contributed by atoms with E-state index in [9.17, 15) is 8.42 Å². The van der Waals surface area contributed by atoms with Crippen molar-refractivity contribution < 1.29 is 8.42 Å². The third-order valence-electron chi connectivity index (χ3n) is 4.48. The van der Waals surface area contributed by atoms with Gasteiger partial charge in [0.15, 0.2) is 0 Å². The van der Waals surface area contributed by atoms with Crippen LogP contribution in [0.4, 0.5) is 0 Å². The molecule has 1 aromatic rings. The summed E-state index contributed by atoms with van der Waals surface area (Å²) in [6.45, 7) is 7.81. The zero-order chi connectivity index (χ0) is 14.9. The molecule has 112 valence electrons. The quantitative estimate of drug-likeness (QED) is 0.927. The molecule has 0 radical (unpaired) electrons. The van der Waals surface area contributed by atoms with Crippen molar-refractivity contribution >= 4 is 10.0 Å². The van der Waals surface area contributed by atoms with Crippen LogP contribution in [0.3, 0.4) is 0 Å². The van der Waals surface area contributed by atoms with E-state index in [1.807, 2.05) is 33.8 Å². The summed E-state index contributed by atoms with van der Waals surface area (Å²) in [4.78, 5) is 0.478. The van der Waals surface area contributed by atoms with Gasteiger partial charge in [0.25, 0.3) is 0 Å². The smallest absolute Gasteiger partial charge is 0.208 e. The van der Waals surface area contributed by atoms with Gasteiger partial charge >= 0.3 is 0 Å². The van der Waals surface area contributed by atoms with Crippen molar-refractivity contribution in [3.63, 3.8) is 0 Å². The van der Waals surface area contributed by atoms with E-state index in [1.165, 1.54) is 6.42 Å². The third kappa shape index (κ3) is 3.07. The van der Waals surface area contributed by atoms with Crippen LogP contribution in [0, 0.1) is 27.7 Å². The lowest BCUT2D eigenvalue weighted by atomic mass is 9.96. The monoisotopic (exact) mass is 295 g/mol. The Kier molecular flexibility index (Phi) is 4.55. The van der Waals surface area contributed by atoms with Crippen LogP contribution in [-0.4, -0.2) is 14.5 Å². The summed E-state index contributed by atoms with van der Waals surface area (Å²) in [6, 6.07) is 2.08. The molecule has 1 aromatic carbocycles. The summed E-state index contributed by atoms with van der Waals surface area (Å²) in [7, 11) is -3.41. The van der Waals surface area contributed by atoms with E-state index in [1.54, 1.807) is 0 Å². The molecule has 2 rings (SSSR count). The van der Waals surface area contributed by atoms with E-state index in [0.29, 0.717) is 4.90 Å². The molecule has 1 aliphatic rings. The normalized spacial score (nSPS) is 17.4. The second kappa shape index (κ2) is 5.86. The molecule has 1 fully saturated rings. The van der Waals surface area contributed by atoms with E-state index in [2.05, 4.69) is 4.72 Å². The summed E-state index contributed by atoms with van der Waals surface area (Å²) in [5, 5.41) is 0. The fraction of sp³-hybridized carbons (Fsp3) is 0.625. The Hall–Kier alpha value is -0.870. The Morgan fingerprint density at radius 1 is 0.950 bits per heavy atom. The van der Waals surface area contributed by atoms with E-state index >= 15 is 0 Å². The van der Waals surface area contributed by atoms with Gasteiger partial charge in [0, 0.05) is 6.04 Å². The first kappa shape index (κ1) is 15.5. The fourth-order valence-electron chi connectivity index (χ4n) is 3.17. The fourth-order valence-corrected chi connectivity index (χ4v) is 5.00. The molecular weight excluding hydrogens is 270 g/mol. The Morgan fingerprint density at radius 2 is 1.55 bits per heavy atom. The second-order valence-corrected chi connectivity index (χ2v) is 7.70. The van der Waals surface area contributed by atoms with Gasteiger partial charge in [-0.3, -0.25) is 0 Å². The molecule has 0 amide bonds. The second-order valence-electron chi connectivity index (χ2n) is 6.05. The molecule has 0 aliphatic heterocycles. The van der Waals surface area contributed by atoms with Gasteiger partial charge in [-0.05, 0) is 62.8 Å². The Bertz CT molecular complexity index is 599. The largest absolute Gasteiger partial charge is 0.241 e. The number of benzene rings is 1. The molecule has 1 N–H and O–H groups in total. The van der Waals surface area contributed by atoms with Crippen molar-refractivity contribution in [3.05, 3.63) is 28.3 Å². The van der Waals surface area contributed by atoms with Crippen molar-refractivity contribution in [3.8, 4) is 0 Å². The molecule has 0 unspecified atom stereocenters. The van der Waals surface area contributed by atoms with Gasteiger partial charge in [-0.15, -0.1) is 0 Å². The van der Waals surface area contributed by atoms with Gasteiger partial charge in [0.05, 0.1) is 4.90 Å². The first-order valence-electron chi connectivity index (χ1n) is 7.42. The van der Waals surface area contributed by atoms with Crippen molar-refractivity contribution in [1.82, 2.24) is 4.72 Å². The Labute approximate surface area is 122 Å². The van der Waals surface area contributed by atoms with E-state index < -0.39 is 10.0 Å². The van der Waals surface area contributed by atoms with Crippen LogP contribution in [0.15, 0.2) is 11.0 Å². The Morgan fingerprint density at radius 3 is 2.15 bits per heavy atom. The maximum absolute atomic E-state index is 12.7. The van der Waals surface area contributed by atoms with Crippen molar-refractivity contribution in [2.45, 2.75) is 70.7 Å². The number of rotatable bonds is 3. The molecule has 1 saturated carbocycles. The minimum Gasteiger partial charge on any atom is -0.208 e. The number of aryl methyl sites for hydroxylation is 2. The maximum atomic E-state index is 12.7. The van der Waals surface area contributed by atoms with Crippen LogP contribution in [0.5, 0.6) is 0 Å². The van der Waals surface area contributed by atoms with Gasteiger partial charge in [-0.1, -0.05) is 25.3 Å². The summed E-state index contributed by atoms with van der Waals surface area (Å²) in [5.74, 6) is 0. The molecule has 0 heterocycles. The summed E-state index contributed by atoms with van der Waals surface area (Å²) >= 11 is 0. The minimum atomic E-state index is -3.41. The highest BCUT2D eigenvalue weighted by molar-refractivity contribution is 7.89. The average Bonchev–Trinajstić information content (AvgIpc) is 2.36. The highest BCUT2D eigenvalue weighted by Gasteiger charge is 2.25. The van der Waals surface area contributed by atoms with Gasteiger partial charge in [-0.25, -0.2) is 13.1 Å². The molecule has 3 nitrogen and oxygen atoms in total. The maximum Gasteiger partial charge on any atom is 0.241 e. The summed E-state index contributed by atoms with van der Waals surface area (Å²) < 4.78 is 28.3. The summed E-state index contributed by atoms with van der Waals surface area (Å²) in [5.41, 5.74) is 3.94. The predicted molar refractivity (Wildman–Crippen MR) is 82.6 cm³/mol. The van der Waals surface area contributed by atoms with Gasteiger partial charge in [-0.2, -0.15) is 0 Å². The predicted octanol–water partition coefficient (Wildman–Crippen LogP) is 3.53. The Balaban J connectivity index is 2.36. The highest BCUT2D eigenvalue weighted by Crippen LogP contribution is 2.27. The van der Waals surface area contributed by atoms with E-state index in [0.717, 1.165) is 47.9 Å². The standard InChI is InChI=1S/C16H25NO2S/c1-11-10-12(2)16(14(4)13(11)3)20(18,19)17-15-8-6-5-7-9-15/h10,15,17H,5-9H2,1-4H3. The van der Waals surface area contributed by atoms with Crippen LogP contribution in [-0.2, 0) is 10.0 Å². The molecule has 20 heavy (non-hydrogen) atoms. The summed E-state index contributed by atoms with van der Waals surface area (Å²) in [6.07, 6.45) is 5.39. The molecule has 0 aromatic heterocycles. The molecule has 1 aliphatic carbocycles. The van der Waals surface area contributed by atoms with Crippen LogP contribution in [0.1, 0.15) is 54.4 Å². The van der Waals surface area contributed by atoms with Crippen LogP contribution in [0.25, 0.3) is 0 Å². The van der Waals surface area contributed by atoms with Gasteiger partial charge in [0.2, 0.25) is 10.0 Å².